The van der Waals surface area contributed by atoms with Gasteiger partial charge in [-0.2, -0.15) is 5.10 Å². The third-order valence-corrected chi connectivity index (χ3v) is 3.99. The number of anilines is 1. The van der Waals surface area contributed by atoms with Gasteiger partial charge in [-0.1, -0.05) is 18.2 Å². The molecule has 1 aromatic carbocycles. The van der Waals surface area contributed by atoms with Crippen molar-refractivity contribution in [3.63, 3.8) is 0 Å². The van der Waals surface area contributed by atoms with Crippen LogP contribution in [0.5, 0.6) is 0 Å². The molecule has 2 heterocycles. The Balaban J connectivity index is 1.58. The van der Waals surface area contributed by atoms with Crippen molar-refractivity contribution in [3.8, 4) is 11.3 Å². The van der Waals surface area contributed by atoms with Crippen molar-refractivity contribution >= 4 is 11.7 Å². The summed E-state index contributed by atoms with van der Waals surface area (Å²) < 4.78 is 1.85. The van der Waals surface area contributed by atoms with Gasteiger partial charge in [-0.3, -0.25) is 9.48 Å². The van der Waals surface area contributed by atoms with E-state index in [4.69, 9.17) is 5.73 Å². The SMILES string of the molecule is Cc1nc(C)n(CCCNC(=O)c2cccc(-c3cccc(N)n3)c2)n1. The van der Waals surface area contributed by atoms with E-state index in [1.54, 1.807) is 12.1 Å². The third-order valence-electron chi connectivity index (χ3n) is 3.99. The van der Waals surface area contributed by atoms with Crippen molar-refractivity contribution in [2.24, 2.45) is 0 Å². The summed E-state index contributed by atoms with van der Waals surface area (Å²) in [6.45, 7) is 5.08. The number of amides is 1. The highest BCUT2D eigenvalue weighted by molar-refractivity contribution is 5.95. The number of rotatable bonds is 6. The molecule has 2 aromatic heterocycles. The number of nitrogen functional groups attached to an aromatic ring is 1. The average molecular weight is 350 g/mol. The molecule has 26 heavy (non-hydrogen) atoms. The van der Waals surface area contributed by atoms with Crippen molar-refractivity contribution in [2.45, 2.75) is 26.8 Å². The molecule has 3 rings (SSSR count). The number of aryl methyl sites for hydroxylation is 3. The quantitative estimate of drug-likeness (QED) is 0.665. The molecule has 1 amide bonds. The molecule has 7 nitrogen and oxygen atoms in total. The van der Waals surface area contributed by atoms with Gasteiger partial charge in [-0.05, 0) is 44.5 Å². The maximum Gasteiger partial charge on any atom is 0.251 e. The summed E-state index contributed by atoms with van der Waals surface area (Å²) in [7, 11) is 0. The highest BCUT2D eigenvalue weighted by Gasteiger charge is 2.08. The van der Waals surface area contributed by atoms with E-state index in [0.717, 1.165) is 35.9 Å². The zero-order chi connectivity index (χ0) is 18.5. The summed E-state index contributed by atoms with van der Waals surface area (Å²) in [6, 6.07) is 12.8. The molecule has 0 fully saturated rings. The van der Waals surface area contributed by atoms with Crippen LogP contribution in [0.25, 0.3) is 11.3 Å². The first-order valence-corrected chi connectivity index (χ1v) is 8.52. The zero-order valence-electron chi connectivity index (χ0n) is 14.9. The summed E-state index contributed by atoms with van der Waals surface area (Å²) in [5, 5.41) is 7.25. The molecule has 0 unspecified atom stereocenters. The Morgan fingerprint density at radius 2 is 1.96 bits per heavy atom. The van der Waals surface area contributed by atoms with Gasteiger partial charge in [-0.15, -0.1) is 0 Å². The van der Waals surface area contributed by atoms with Crippen molar-refractivity contribution in [2.75, 3.05) is 12.3 Å². The molecule has 3 N–H and O–H groups in total. The highest BCUT2D eigenvalue weighted by atomic mass is 16.1. The van der Waals surface area contributed by atoms with E-state index in [1.807, 2.05) is 48.9 Å². The molecule has 0 aliphatic carbocycles. The van der Waals surface area contributed by atoms with Gasteiger partial charge in [0.05, 0.1) is 5.69 Å². The first-order chi connectivity index (χ1) is 12.5. The monoisotopic (exact) mass is 350 g/mol. The number of benzene rings is 1. The minimum atomic E-state index is -0.109. The van der Waals surface area contributed by atoms with Gasteiger partial charge >= 0.3 is 0 Å². The van der Waals surface area contributed by atoms with Crippen molar-refractivity contribution in [3.05, 3.63) is 59.7 Å². The zero-order valence-corrected chi connectivity index (χ0v) is 14.9. The van der Waals surface area contributed by atoms with E-state index < -0.39 is 0 Å². The minimum absolute atomic E-state index is 0.109. The van der Waals surface area contributed by atoms with Gasteiger partial charge in [0.25, 0.3) is 5.91 Å². The van der Waals surface area contributed by atoms with Crippen LogP contribution in [0.4, 0.5) is 5.82 Å². The van der Waals surface area contributed by atoms with Crippen LogP contribution in [-0.2, 0) is 6.54 Å². The highest BCUT2D eigenvalue weighted by Crippen LogP contribution is 2.19. The molecule has 0 saturated carbocycles. The van der Waals surface area contributed by atoms with E-state index in [-0.39, 0.29) is 5.91 Å². The first kappa shape index (κ1) is 17.6. The van der Waals surface area contributed by atoms with Crippen LogP contribution < -0.4 is 11.1 Å². The van der Waals surface area contributed by atoms with Gasteiger partial charge in [0.2, 0.25) is 0 Å². The standard InChI is InChI=1S/C19H22N6O/c1-13-22-14(2)25(24-13)11-5-10-21-19(26)16-7-3-6-15(12-16)17-8-4-9-18(20)23-17/h3-4,6-9,12H,5,10-11H2,1-2H3,(H2,20,23)(H,21,26). The summed E-state index contributed by atoms with van der Waals surface area (Å²) in [5.74, 6) is 1.99. The Morgan fingerprint density at radius 3 is 2.69 bits per heavy atom. The van der Waals surface area contributed by atoms with Gasteiger partial charge in [0.15, 0.2) is 0 Å². The fraction of sp³-hybridized carbons (Fsp3) is 0.263. The normalized spacial score (nSPS) is 10.7. The van der Waals surface area contributed by atoms with Gasteiger partial charge in [0.1, 0.15) is 17.5 Å². The van der Waals surface area contributed by atoms with E-state index in [0.29, 0.717) is 17.9 Å². The van der Waals surface area contributed by atoms with E-state index >= 15 is 0 Å². The number of nitrogens with one attached hydrogen (secondary N) is 1. The number of carbonyl (C=O) groups excluding carboxylic acids is 1. The van der Waals surface area contributed by atoms with Gasteiger partial charge in [0, 0.05) is 24.2 Å². The molecule has 0 spiro atoms. The lowest BCUT2D eigenvalue weighted by Crippen LogP contribution is -2.25. The summed E-state index contributed by atoms with van der Waals surface area (Å²) in [5.41, 5.74) is 7.94. The van der Waals surface area contributed by atoms with Gasteiger partial charge < -0.3 is 11.1 Å². The van der Waals surface area contributed by atoms with Crippen LogP contribution in [-0.4, -0.2) is 32.2 Å². The molecule has 0 radical (unpaired) electrons. The van der Waals surface area contributed by atoms with E-state index in [9.17, 15) is 4.79 Å². The number of hydrogen-bond donors (Lipinski definition) is 2. The Labute approximate surface area is 152 Å². The lowest BCUT2D eigenvalue weighted by atomic mass is 10.1. The van der Waals surface area contributed by atoms with Crippen molar-refractivity contribution in [1.82, 2.24) is 25.1 Å². The molecule has 3 aromatic rings. The van der Waals surface area contributed by atoms with Crippen LogP contribution in [0.3, 0.4) is 0 Å². The molecule has 0 saturated heterocycles. The van der Waals surface area contributed by atoms with Gasteiger partial charge in [-0.25, -0.2) is 9.97 Å². The third kappa shape index (κ3) is 4.24. The molecule has 0 bridgehead atoms. The average Bonchev–Trinajstić information content (AvgIpc) is 2.96. The van der Waals surface area contributed by atoms with Crippen LogP contribution in [0.1, 0.15) is 28.4 Å². The molecule has 0 atom stereocenters. The number of carbonyl (C=O) groups is 1. The van der Waals surface area contributed by atoms with Crippen LogP contribution >= 0.6 is 0 Å². The lowest BCUT2D eigenvalue weighted by molar-refractivity contribution is 0.0952. The second kappa shape index (κ2) is 7.77. The van der Waals surface area contributed by atoms with E-state index in [1.165, 1.54) is 0 Å². The Kier molecular flexibility index (Phi) is 5.26. The predicted molar refractivity (Wildman–Crippen MR) is 101 cm³/mol. The molecule has 0 aliphatic heterocycles. The second-order valence-corrected chi connectivity index (χ2v) is 6.07. The summed E-state index contributed by atoms with van der Waals surface area (Å²) >= 11 is 0. The number of aromatic nitrogens is 4. The van der Waals surface area contributed by atoms with Crippen LogP contribution in [0.15, 0.2) is 42.5 Å². The Bertz CT molecular complexity index is 918. The Hall–Kier alpha value is -3.22. The number of nitrogens with two attached hydrogens (primary N) is 1. The van der Waals surface area contributed by atoms with Crippen molar-refractivity contribution in [1.29, 1.82) is 0 Å². The second-order valence-electron chi connectivity index (χ2n) is 6.07. The number of nitrogens with zero attached hydrogens (tertiary/aromatic N) is 4. The predicted octanol–water partition coefficient (Wildman–Crippen LogP) is 2.36. The van der Waals surface area contributed by atoms with Crippen molar-refractivity contribution < 1.29 is 4.79 Å². The molecule has 7 heteroatoms. The molecular formula is C19H22N6O. The first-order valence-electron chi connectivity index (χ1n) is 8.52. The molecule has 134 valence electrons. The maximum absolute atomic E-state index is 12.4. The molecular weight excluding hydrogens is 328 g/mol. The number of hydrogen-bond acceptors (Lipinski definition) is 5. The Morgan fingerprint density at radius 1 is 1.15 bits per heavy atom. The molecule has 0 aliphatic rings. The summed E-state index contributed by atoms with van der Waals surface area (Å²) in [6.07, 6.45) is 0.784. The maximum atomic E-state index is 12.4. The number of pyridine rings is 1. The van der Waals surface area contributed by atoms with Crippen LogP contribution in [0, 0.1) is 13.8 Å². The van der Waals surface area contributed by atoms with E-state index in [2.05, 4.69) is 20.4 Å². The smallest absolute Gasteiger partial charge is 0.251 e. The lowest BCUT2D eigenvalue weighted by Gasteiger charge is -2.08. The topological polar surface area (TPSA) is 98.7 Å². The summed E-state index contributed by atoms with van der Waals surface area (Å²) in [4.78, 5) is 20.9. The fourth-order valence-corrected chi connectivity index (χ4v) is 2.74. The fourth-order valence-electron chi connectivity index (χ4n) is 2.74. The largest absolute Gasteiger partial charge is 0.384 e. The van der Waals surface area contributed by atoms with Crippen LogP contribution in [0.2, 0.25) is 0 Å². The minimum Gasteiger partial charge on any atom is -0.384 e.